The molecule has 4 aromatic rings. The molecule has 10 nitrogen and oxygen atoms in total. The first-order valence-electron chi connectivity index (χ1n) is 11.8. The van der Waals surface area contributed by atoms with Gasteiger partial charge in [-0.15, -0.1) is 5.10 Å². The maximum absolute atomic E-state index is 13.4. The van der Waals surface area contributed by atoms with E-state index in [1.807, 2.05) is 42.5 Å². The average molecular weight is 475 g/mol. The molecule has 2 aromatic heterocycles. The van der Waals surface area contributed by atoms with E-state index in [2.05, 4.69) is 25.4 Å². The summed E-state index contributed by atoms with van der Waals surface area (Å²) < 4.78 is 13.2. The van der Waals surface area contributed by atoms with E-state index in [0.717, 1.165) is 10.9 Å². The van der Waals surface area contributed by atoms with Gasteiger partial charge in [0.15, 0.2) is 17.3 Å². The topological polar surface area (TPSA) is 118 Å². The average Bonchev–Trinajstić information content (AvgIpc) is 3.32. The Balaban J connectivity index is 1.46. The molecule has 2 aliphatic heterocycles. The van der Waals surface area contributed by atoms with Crippen LogP contribution >= 0.6 is 0 Å². The Kier molecular flexibility index (Phi) is 5.67. The number of tetrazole rings is 1. The molecule has 1 saturated heterocycles. The number of aromatic nitrogens is 5. The number of nitrogens with one attached hydrogen (secondary N) is 1. The van der Waals surface area contributed by atoms with Crippen molar-refractivity contribution in [2.75, 3.05) is 26.3 Å². The molecule has 0 amide bonds. The van der Waals surface area contributed by atoms with E-state index in [9.17, 15) is 9.90 Å². The molecular formula is C25H26N6O4. The van der Waals surface area contributed by atoms with Crippen molar-refractivity contribution in [3.63, 3.8) is 0 Å². The van der Waals surface area contributed by atoms with Crippen LogP contribution in [0.5, 0.6) is 11.5 Å². The van der Waals surface area contributed by atoms with Gasteiger partial charge in [-0.3, -0.25) is 9.69 Å². The number of nitrogens with zero attached hydrogens (tertiary/aromatic N) is 5. The smallest absolute Gasteiger partial charge is 0.253 e. The fourth-order valence-electron chi connectivity index (χ4n) is 4.88. The van der Waals surface area contributed by atoms with Gasteiger partial charge in [0.05, 0.1) is 18.2 Å². The number of aromatic amines is 1. The summed E-state index contributed by atoms with van der Waals surface area (Å²) in [6, 6.07) is 15.1. The van der Waals surface area contributed by atoms with Gasteiger partial charge in [0.1, 0.15) is 19.3 Å². The Hall–Kier alpha value is -3.76. The van der Waals surface area contributed by atoms with E-state index in [1.54, 1.807) is 10.7 Å². The van der Waals surface area contributed by atoms with E-state index < -0.39 is 6.04 Å². The second-order valence-corrected chi connectivity index (χ2v) is 8.99. The minimum absolute atomic E-state index is 0.209. The van der Waals surface area contributed by atoms with Crippen LogP contribution in [0.25, 0.3) is 10.9 Å². The number of hydrogen-bond acceptors (Lipinski definition) is 8. The number of ether oxygens (including phenoxy) is 2. The minimum Gasteiger partial charge on any atom is -0.486 e. The minimum atomic E-state index is -0.470. The molecule has 0 spiro atoms. The first kappa shape index (κ1) is 21.8. The third kappa shape index (κ3) is 4.26. The van der Waals surface area contributed by atoms with Gasteiger partial charge in [-0.2, -0.15) is 0 Å². The highest BCUT2D eigenvalue weighted by molar-refractivity contribution is 5.83. The van der Waals surface area contributed by atoms with Crippen LogP contribution in [0.4, 0.5) is 0 Å². The lowest BCUT2D eigenvalue weighted by Crippen LogP contribution is -2.41. The molecule has 2 N–H and O–H groups in total. The second kappa shape index (κ2) is 9.12. The molecule has 0 bridgehead atoms. The maximum Gasteiger partial charge on any atom is 0.253 e. The predicted molar refractivity (Wildman–Crippen MR) is 128 cm³/mol. The number of aliphatic hydroxyl groups is 1. The van der Waals surface area contributed by atoms with E-state index in [-0.39, 0.29) is 11.7 Å². The summed E-state index contributed by atoms with van der Waals surface area (Å²) in [4.78, 5) is 18.6. The first-order chi connectivity index (χ1) is 17.2. The van der Waals surface area contributed by atoms with Gasteiger partial charge in [0, 0.05) is 30.1 Å². The van der Waals surface area contributed by atoms with Crippen molar-refractivity contribution in [2.45, 2.75) is 31.5 Å². The van der Waals surface area contributed by atoms with Gasteiger partial charge in [-0.1, -0.05) is 30.3 Å². The summed E-state index contributed by atoms with van der Waals surface area (Å²) in [6.07, 6.45) is 0.910. The van der Waals surface area contributed by atoms with E-state index in [4.69, 9.17) is 9.47 Å². The van der Waals surface area contributed by atoms with Gasteiger partial charge >= 0.3 is 0 Å². The Morgan fingerprint density at radius 1 is 1.06 bits per heavy atom. The lowest BCUT2D eigenvalue weighted by molar-refractivity contribution is 0.0659. The number of H-pyrrole nitrogens is 1. The van der Waals surface area contributed by atoms with E-state index in [0.29, 0.717) is 74.1 Å². The summed E-state index contributed by atoms with van der Waals surface area (Å²) >= 11 is 0. The number of aliphatic hydroxyl groups excluding tert-OH is 1. The van der Waals surface area contributed by atoms with Gasteiger partial charge in [0.2, 0.25) is 0 Å². The van der Waals surface area contributed by atoms with Crippen LogP contribution in [0.1, 0.15) is 35.8 Å². The van der Waals surface area contributed by atoms with Gasteiger partial charge in [-0.05, 0) is 41.0 Å². The van der Waals surface area contributed by atoms with Crippen LogP contribution < -0.4 is 15.0 Å². The number of pyridine rings is 1. The highest BCUT2D eigenvalue weighted by Crippen LogP contribution is 2.35. The summed E-state index contributed by atoms with van der Waals surface area (Å²) in [5, 5.41) is 23.5. The largest absolute Gasteiger partial charge is 0.486 e. The molecule has 35 heavy (non-hydrogen) atoms. The number of rotatable bonds is 5. The highest BCUT2D eigenvalue weighted by Gasteiger charge is 2.33. The molecule has 0 radical (unpaired) electrons. The maximum atomic E-state index is 13.4. The fourth-order valence-corrected chi connectivity index (χ4v) is 4.88. The molecule has 2 aromatic carbocycles. The lowest BCUT2D eigenvalue weighted by Gasteiger charge is -2.35. The summed E-state index contributed by atoms with van der Waals surface area (Å²) in [6.45, 7) is 2.71. The zero-order chi connectivity index (χ0) is 23.8. The third-order valence-electron chi connectivity index (χ3n) is 6.67. The van der Waals surface area contributed by atoms with Crippen molar-refractivity contribution >= 4 is 10.9 Å². The normalized spacial score (nSPS) is 17.5. The van der Waals surface area contributed by atoms with Crippen molar-refractivity contribution in [1.82, 2.24) is 30.1 Å². The van der Waals surface area contributed by atoms with Crippen molar-refractivity contribution in [3.05, 3.63) is 75.8 Å². The molecule has 0 saturated carbocycles. The summed E-state index contributed by atoms with van der Waals surface area (Å²) in [7, 11) is 0. The monoisotopic (exact) mass is 474 g/mol. The van der Waals surface area contributed by atoms with Crippen molar-refractivity contribution < 1.29 is 14.6 Å². The molecule has 0 aliphatic carbocycles. The number of benzene rings is 2. The molecule has 1 fully saturated rings. The van der Waals surface area contributed by atoms with E-state index >= 15 is 0 Å². The molecule has 1 atom stereocenters. The van der Waals surface area contributed by atoms with Gasteiger partial charge < -0.3 is 19.6 Å². The highest BCUT2D eigenvalue weighted by atomic mass is 16.6. The number of hydrogen-bond donors (Lipinski definition) is 2. The standard InChI is InChI=1S/C25H26N6O4/c32-18-6-8-30(9-7-18)23(24-27-28-29-31(24)15-16-4-2-1-3-5-16)19-12-17-13-21-22(35-11-10-34-21)14-20(17)26-25(19)33/h1-5,12-14,18,23,32H,6-11,15H2,(H,26,33). The zero-order valence-electron chi connectivity index (χ0n) is 19.1. The summed E-state index contributed by atoms with van der Waals surface area (Å²) in [5.41, 5.74) is 2.08. The molecule has 4 heterocycles. The van der Waals surface area contributed by atoms with Crippen LogP contribution in [-0.2, 0) is 6.54 Å². The van der Waals surface area contributed by atoms with Crippen molar-refractivity contribution in [1.29, 1.82) is 0 Å². The summed E-state index contributed by atoms with van der Waals surface area (Å²) in [5.74, 6) is 1.88. The predicted octanol–water partition coefficient (Wildman–Crippen LogP) is 1.88. The number of piperidine rings is 1. The van der Waals surface area contributed by atoms with Crippen LogP contribution in [0.3, 0.4) is 0 Å². The lowest BCUT2D eigenvalue weighted by atomic mass is 9.99. The SMILES string of the molecule is O=c1[nH]c2cc3c(cc2cc1C(c1nnnn1Cc1ccccc1)N1CCC(O)CC1)OCCO3. The third-order valence-corrected chi connectivity index (χ3v) is 6.67. The molecule has 2 aliphatic rings. The molecule has 180 valence electrons. The Morgan fingerprint density at radius 2 is 1.80 bits per heavy atom. The van der Waals surface area contributed by atoms with Crippen LogP contribution in [-0.4, -0.2) is 67.6 Å². The Morgan fingerprint density at radius 3 is 2.57 bits per heavy atom. The van der Waals surface area contributed by atoms with Crippen LogP contribution in [0.15, 0.2) is 53.3 Å². The number of fused-ring (bicyclic) bond motifs is 2. The fraction of sp³-hybridized carbons (Fsp3) is 0.360. The first-order valence-corrected chi connectivity index (χ1v) is 11.8. The molecule has 6 rings (SSSR count). The van der Waals surface area contributed by atoms with E-state index in [1.165, 1.54) is 0 Å². The van der Waals surface area contributed by atoms with Gasteiger partial charge in [0.25, 0.3) is 5.56 Å². The zero-order valence-corrected chi connectivity index (χ0v) is 19.1. The van der Waals surface area contributed by atoms with Crippen molar-refractivity contribution in [2.24, 2.45) is 0 Å². The Bertz CT molecular complexity index is 1390. The van der Waals surface area contributed by atoms with Gasteiger partial charge in [-0.25, -0.2) is 4.68 Å². The Labute approximate surface area is 201 Å². The quantitative estimate of drug-likeness (QED) is 0.450. The number of likely N-dealkylation sites (tertiary alicyclic amines) is 1. The van der Waals surface area contributed by atoms with Crippen LogP contribution in [0, 0.1) is 0 Å². The molecular weight excluding hydrogens is 448 g/mol. The van der Waals surface area contributed by atoms with Crippen LogP contribution in [0.2, 0.25) is 0 Å². The molecule has 1 unspecified atom stereocenters. The van der Waals surface area contributed by atoms with Crippen molar-refractivity contribution in [3.8, 4) is 11.5 Å². The molecule has 10 heteroatoms. The second-order valence-electron chi connectivity index (χ2n) is 8.99.